The molecular weight excluding hydrogens is 431 g/mol. The van der Waals surface area contributed by atoms with E-state index in [2.05, 4.69) is 73.7 Å². The van der Waals surface area contributed by atoms with E-state index in [4.69, 9.17) is 0 Å². The Bertz CT molecular complexity index is 652. The van der Waals surface area contributed by atoms with Crippen molar-refractivity contribution in [1.29, 1.82) is 0 Å². The topological polar surface area (TPSA) is 0 Å². The molecule has 0 aromatic heterocycles. The minimum Gasteiger partial charge on any atom is -0.213 e. The molecule has 3 aromatic carbocycles. The van der Waals surface area contributed by atoms with Gasteiger partial charge in [0.25, 0.3) is 0 Å². The molecular formula is C21H20Hf-2. The van der Waals surface area contributed by atoms with Gasteiger partial charge in [0, 0.05) is 25.8 Å². The normalized spacial score (nSPS) is 10.8. The third kappa shape index (κ3) is 3.89. The maximum atomic E-state index is 3.30. The molecule has 0 aliphatic heterocycles. The molecule has 0 radical (unpaired) electrons. The molecule has 4 rings (SSSR count). The summed E-state index contributed by atoms with van der Waals surface area (Å²) < 4.78 is 0. The first-order chi connectivity index (χ1) is 10.4. The molecule has 3 aromatic rings. The monoisotopic (exact) mass is 452 g/mol. The van der Waals surface area contributed by atoms with Crippen LogP contribution in [0.2, 0.25) is 0 Å². The molecule has 0 amide bonds. The Labute approximate surface area is 152 Å². The molecule has 0 spiro atoms. The number of benzene rings is 2. The van der Waals surface area contributed by atoms with Crippen LogP contribution in [0.1, 0.15) is 30.0 Å². The quantitative estimate of drug-likeness (QED) is 0.283. The zero-order chi connectivity index (χ0) is 14.5. The fourth-order valence-corrected chi connectivity index (χ4v) is 2.87. The molecule has 0 heterocycles. The van der Waals surface area contributed by atoms with Crippen LogP contribution < -0.4 is 0 Å². The molecule has 22 heavy (non-hydrogen) atoms. The van der Waals surface area contributed by atoms with Crippen molar-refractivity contribution in [2.75, 3.05) is 0 Å². The van der Waals surface area contributed by atoms with Gasteiger partial charge in [0.2, 0.25) is 0 Å². The minimum absolute atomic E-state index is 0. The standard InChI is InChI=1S/C13H9.C8H11.Hf/c1-3-7-12-10(5-1)9-11-6-2-4-8-13(11)12;1-2-5-8-6-3-4-7-8;/h1-5,7-8H,9H2;3-4,6-7H,2,5H2,1H3;/q2*-1;. The largest absolute Gasteiger partial charge is 0.213 e. The predicted molar refractivity (Wildman–Crippen MR) is 89.6 cm³/mol. The molecule has 0 N–H and O–H groups in total. The summed E-state index contributed by atoms with van der Waals surface area (Å²) in [6.45, 7) is 2.20. The number of fused-ring (bicyclic) bond motifs is 3. The maximum absolute atomic E-state index is 3.30. The second-order valence-electron chi connectivity index (χ2n) is 5.44. The number of hydrogen-bond donors (Lipinski definition) is 0. The molecule has 110 valence electrons. The first kappa shape index (κ1) is 17.0. The van der Waals surface area contributed by atoms with Crippen LogP contribution in [0, 0.1) is 6.07 Å². The smallest absolute Gasteiger partial charge is 0 e. The van der Waals surface area contributed by atoms with Crippen molar-refractivity contribution < 1.29 is 25.8 Å². The van der Waals surface area contributed by atoms with Crippen LogP contribution in [0.15, 0.2) is 66.7 Å². The zero-order valence-electron chi connectivity index (χ0n) is 13.0. The fraction of sp³-hybridized carbons (Fsp3) is 0.190. The summed E-state index contributed by atoms with van der Waals surface area (Å²) in [6.07, 6.45) is 3.53. The van der Waals surface area contributed by atoms with Crippen LogP contribution in [0.3, 0.4) is 0 Å². The minimum atomic E-state index is 0. The third-order valence-electron chi connectivity index (χ3n) is 3.89. The van der Waals surface area contributed by atoms with Crippen LogP contribution in [0.4, 0.5) is 0 Å². The first-order valence-electron chi connectivity index (χ1n) is 7.67. The number of rotatable bonds is 2. The molecule has 1 aliphatic carbocycles. The summed E-state index contributed by atoms with van der Waals surface area (Å²) in [7, 11) is 0. The van der Waals surface area contributed by atoms with E-state index in [0.717, 1.165) is 6.42 Å². The Morgan fingerprint density at radius 1 is 0.955 bits per heavy atom. The van der Waals surface area contributed by atoms with E-state index in [1.807, 2.05) is 6.07 Å². The van der Waals surface area contributed by atoms with E-state index in [9.17, 15) is 0 Å². The average molecular weight is 451 g/mol. The molecule has 0 atom stereocenters. The summed E-state index contributed by atoms with van der Waals surface area (Å²) in [5.74, 6) is 0. The molecule has 0 saturated heterocycles. The van der Waals surface area contributed by atoms with Crippen LogP contribution in [0.25, 0.3) is 11.1 Å². The van der Waals surface area contributed by atoms with Gasteiger partial charge in [-0.1, -0.05) is 55.2 Å². The maximum Gasteiger partial charge on any atom is 0 e. The van der Waals surface area contributed by atoms with Gasteiger partial charge in [-0.2, -0.15) is 47.5 Å². The van der Waals surface area contributed by atoms with Crippen molar-refractivity contribution in [2.45, 2.75) is 26.2 Å². The van der Waals surface area contributed by atoms with E-state index in [1.54, 1.807) is 0 Å². The third-order valence-corrected chi connectivity index (χ3v) is 3.89. The van der Waals surface area contributed by atoms with Gasteiger partial charge in [0.05, 0.1) is 0 Å². The van der Waals surface area contributed by atoms with Crippen molar-refractivity contribution in [2.24, 2.45) is 0 Å². The Balaban J connectivity index is 0.000000172. The van der Waals surface area contributed by atoms with Crippen LogP contribution in [-0.4, -0.2) is 0 Å². The summed E-state index contributed by atoms with van der Waals surface area (Å²) in [5.41, 5.74) is 6.98. The van der Waals surface area contributed by atoms with E-state index < -0.39 is 0 Å². The van der Waals surface area contributed by atoms with Gasteiger partial charge in [-0.15, -0.1) is 5.56 Å². The Kier molecular flexibility index (Phi) is 6.45. The van der Waals surface area contributed by atoms with E-state index >= 15 is 0 Å². The predicted octanol–water partition coefficient (Wildman–Crippen LogP) is 5.41. The van der Waals surface area contributed by atoms with Crippen molar-refractivity contribution >= 4 is 0 Å². The van der Waals surface area contributed by atoms with Gasteiger partial charge in [0.15, 0.2) is 0 Å². The van der Waals surface area contributed by atoms with Crippen molar-refractivity contribution in [1.82, 2.24) is 0 Å². The SMILES string of the molecule is CCC[c-]1cccc1.[Hf].[c-]1cccc2c1Cc1ccccc1-2. The van der Waals surface area contributed by atoms with Crippen LogP contribution in [-0.2, 0) is 38.7 Å². The number of aryl methyl sites for hydroxylation is 1. The molecule has 0 nitrogen and oxygen atoms in total. The second-order valence-corrected chi connectivity index (χ2v) is 5.44. The van der Waals surface area contributed by atoms with E-state index in [1.165, 1.54) is 40.7 Å². The average Bonchev–Trinajstić information content (AvgIpc) is 3.15. The second kappa shape index (κ2) is 8.33. The Hall–Kier alpha value is -1.34. The molecule has 0 unspecified atom stereocenters. The van der Waals surface area contributed by atoms with Gasteiger partial charge in [-0.05, 0) is 6.42 Å². The van der Waals surface area contributed by atoms with Crippen molar-refractivity contribution in [3.05, 3.63) is 89.5 Å². The Morgan fingerprint density at radius 2 is 1.68 bits per heavy atom. The van der Waals surface area contributed by atoms with Crippen molar-refractivity contribution in [3.8, 4) is 11.1 Å². The molecule has 0 saturated carbocycles. The zero-order valence-corrected chi connectivity index (χ0v) is 16.6. The van der Waals surface area contributed by atoms with E-state index in [0.29, 0.717) is 0 Å². The molecule has 0 fully saturated rings. The molecule has 1 heteroatoms. The summed E-state index contributed by atoms with van der Waals surface area (Å²) in [4.78, 5) is 0. The van der Waals surface area contributed by atoms with Gasteiger partial charge in [0.1, 0.15) is 0 Å². The first-order valence-corrected chi connectivity index (χ1v) is 7.67. The molecule has 0 bridgehead atoms. The van der Waals surface area contributed by atoms with Gasteiger partial charge >= 0.3 is 0 Å². The van der Waals surface area contributed by atoms with Crippen LogP contribution >= 0.6 is 0 Å². The van der Waals surface area contributed by atoms with Crippen molar-refractivity contribution in [3.63, 3.8) is 0 Å². The van der Waals surface area contributed by atoms with E-state index in [-0.39, 0.29) is 25.8 Å². The Morgan fingerprint density at radius 3 is 2.45 bits per heavy atom. The van der Waals surface area contributed by atoms with Gasteiger partial charge < -0.3 is 0 Å². The molecule has 1 aliphatic rings. The van der Waals surface area contributed by atoms with Crippen LogP contribution in [0.5, 0.6) is 0 Å². The van der Waals surface area contributed by atoms with Gasteiger partial charge in [-0.25, -0.2) is 12.1 Å². The fourth-order valence-electron chi connectivity index (χ4n) is 2.87. The summed E-state index contributed by atoms with van der Waals surface area (Å²) >= 11 is 0. The number of hydrogen-bond acceptors (Lipinski definition) is 0. The summed E-state index contributed by atoms with van der Waals surface area (Å²) in [6, 6.07) is 26.6. The summed E-state index contributed by atoms with van der Waals surface area (Å²) in [5, 5.41) is 0. The van der Waals surface area contributed by atoms with Gasteiger partial charge in [-0.3, -0.25) is 0 Å².